The number of ether oxygens (including phenoxy) is 1. The molecule has 0 aliphatic carbocycles. The normalized spacial score (nSPS) is 11.4. The third-order valence-electron chi connectivity index (χ3n) is 5.14. The van der Waals surface area contributed by atoms with Gasteiger partial charge in [0.2, 0.25) is 5.91 Å². The predicted molar refractivity (Wildman–Crippen MR) is 134 cm³/mol. The van der Waals surface area contributed by atoms with Crippen LogP contribution in [0.15, 0.2) is 77.8 Å². The minimum Gasteiger partial charge on any atom is -0.494 e. The Kier molecular flexibility index (Phi) is 7.54. The Morgan fingerprint density at radius 3 is 2.59 bits per heavy atom. The van der Waals surface area contributed by atoms with Crippen LogP contribution in [0.3, 0.4) is 0 Å². The molecule has 2 aromatic heterocycles. The lowest BCUT2D eigenvalue weighted by Crippen LogP contribution is -2.30. The first-order valence-electron chi connectivity index (χ1n) is 11.0. The Hall–Kier alpha value is -3.30. The number of nitrogens with zero attached hydrogens (tertiary/aromatic N) is 3. The molecule has 4 aromatic rings. The van der Waals surface area contributed by atoms with E-state index < -0.39 is 9.84 Å². The molecule has 176 valence electrons. The number of hydrogen-bond donors (Lipinski definition) is 0. The summed E-state index contributed by atoms with van der Waals surface area (Å²) in [6.07, 6.45) is 1.98. The van der Waals surface area contributed by atoms with Crippen LogP contribution in [0.1, 0.15) is 25.5 Å². The summed E-state index contributed by atoms with van der Waals surface area (Å²) in [6, 6.07) is 19.5. The monoisotopic (exact) mass is 495 g/mol. The second-order valence-electron chi connectivity index (χ2n) is 7.60. The lowest BCUT2D eigenvalue weighted by atomic mass is 10.2. The number of rotatable bonds is 10. The van der Waals surface area contributed by atoms with Crippen molar-refractivity contribution in [1.82, 2.24) is 9.97 Å². The highest BCUT2D eigenvalue weighted by molar-refractivity contribution is 7.91. The van der Waals surface area contributed by atoms with Crippen molar-refractivity contribution in [3.8, 4) is 5.75 Å². The first-order chi connectivity index (χ1) is 16.5. The van der Waals surface area contributed by atoms with Crippen molar-refractivity contribution in [2.75, 3.05) is 17.3 Å². The number of pyridine rings is 1. The van der Waals surface area contributed by atoms with E-state index in [0.29, 0.717) is 11.7 Å². The van der Waals surface area contributed by atoms with E-state index in [0.717, 1.165) is 21.7 Å². The molecule has 0 fully saturated rings. The number of carbonyl (C=O) groups excluding carboxylic acids is 1. The fourth-order valence-corrected chi connectivity index (χ4v) is 5.82. The van der Waals surface area contributed by atoms with Crippen molar-refractivity contribution in [2.24, 2.45) is 0 Å². The molecule has 0 spiro atoms. The van der Waals surface area contributed by atoms with Crippen LogP contribution in [-0.2, 0) is 21.2 Å². The predicted octanol–water partition coefficient (Wildman–Crippen LogP) is 4.88. The third-order valence-corrected chi connectivity index (χ3v) is 8.00. The zero-order chi connectivity index (χ0) is 24.0. The molecule has 34 heavy (non-hydrogen) atoms. The number of fused-ring (bicyclic) bond motifs is 1. The van der Waals surface area contributed by atoms with Crippen LogP contribution in [0, 0.1) is 0 Å². The second-order valence-corrected chi connectivity index (χ2v) is 10.7. The number of amides is 1. The number of sulfone groups is 1. The van der Waals surface area contributed by atoms with Gasteiger partial charge in [-0.3, -0.25) is 14.7 Å². The highest BCUT2D eigenvalue weighted by atomic mass is 32.2. The Balaban J connectivity index is 1.53. The van der Waals surface area contributed by atoms with Gasteiger partial charge >= 0.3 is 0 Å². The minimum atomic E-state index is -3.45. The third kappa shape index (κ3) is 5.78. The van der Waals surface area contributed by atoms with E-state index in [4.69, 9.17) is 4.74 Å². The van der Waals surface area contributed by atoms with Crippen LogP contribution in [0.4, 0.5) is 5.13 Å². The molecule has 0 saturated carbocycles. The summed E-state index contributed by atoms with van der Waals surface area (Å²) in [5.74, 6) is 0.453. The summed E-state index contributed by atoms with van der Waals surface area (Å²) < 4.78 is 31.7. The summed E-state index contributed by atoms with van der Waals surface area (Å²) in [7, 11) is -3.45. The van der Waals surface area contributed by atoms with Gasteiger partial charge in [0.05, 0.1) is 39.7 Å². The molecule has 0 atom stereocenters. The molecule has 0 saturated heterocycles. The number of thiazole rings is 1. The fourth-order valence-electron chi connectivity index (χ4n) is 3.47. The van der Waals surface area contributed by atoms with Gasteiger partial charge in [0.15, 0.2) is 15.0 Å². The van der Waals surface area contributed by atoms with Crippen molar-refractivity contribution in [1.29, 1.82) is 0 Å². The maximum atomic E-state index is 13.3. The van der Waals surface area contributed by atoms with Crippen molar-refractivity contribution < 1.29 is 17.9 Å². The van der Waals surface area contributed by atoms with E-state index in [9.17, 15) is 13.2 Å². The van der Waals surface area contributed by atoms with Crippen LogP contribution in [0.2, 0.25) is 0 Å². The lowest BCUT2D eigenvalue weighted by molar-refractivity contribution is -0.118. The standard InChI is InChI=1S/C25H25N3O4S2/c1-2-32-20-13-14-22-23(17-20)33-25(27-22)28(18-19-9-6-7-15-26-19)24(29)12-8-16-34(30,31)21-10-4-3-5-11-21/h3-7,9-11,13-15,17H,2,8,12,16,18H2,1H3. The Morgan fingerprint density at radius 2 is 1.85 bits per heavy atom. The number of benzene rings is 2. The van der Waals surface area contributed by atoms with Crippen LogP contribution < -0.4 is 9.64 Å². The molecule has 0 bridgehead atoms. The van der Waals surface area contributed by atoms with Gasteiger partial charge in [-0.15, -0.1) is 0 Å². The van der Waals surface area contributed by atoms with Gasteiger partial charge in [-0.25, -0.2) is 13.4 Å². The summed E-state index contributed by atoms with van der Waals surface area (Å²) >= 11 is 1.40. The SMILES string of the molecule is CCOc1ccc2nc(N(Cc3ccccn3)C(=O)CCCS(=O)(=O)c3ccccc3)sc2c1. The van der Waals surface area contributed by atoms with E-state index >= 15 is 0 Å². The zero-order valence-electron chi connectivity index (χ0n) is 18.8. The molecule has 0 aliphatic rings. The lowest BCUT2D eigenvalue weighted by Gasteiger charge is -2.19. The summed E-state index contributed by atoms with van der Waals surface area (Å²) in [5, 5.41) is 0.546. The molecule has 0 aliphatic heterocycles. The van der Waals surface area contributed by atoms with E-state index in [1.54, 1.807) is 41.4 Å². The molecule has 4 rings (SSSR count). The van der Waals surface area contributed by atoms with Crippen molar-refractivity contribution in [3.63, 3.8) is 0 Å². The van der Waals surface area contributed by atoms with Gasteiger partial charge in [0.1, 0.15) is 5.75 Å². The molecular formula is C25H25N3O4S2. The quantitative estimate of drug-likeness (QED) is 0.312. The van der Waals surface area contributed by atoms with Gasteiger partial charge in [-0.1, -0.05) is 35.6 Å². The molecule has 0 radical (unpaired) electrons. The molecule has 2 heterocycles. The Bertz CT molecular complexity index is 1360. The highest BCUT2D eigenvalue weighted by Gasteiger charge is 2.22. The van der Waals surface area contributed by atoms with Crippen LogP contribution in [0.25, 0.3) is 10.2 Å². The van der Waals surface area contributed by atoms with Crippen LogP contribution >= 0.6 is 11.3 Å². The topological polar surface area (TPSA) is 89.5 Å². The highest BCUT2D eigenvalue weighted by Crippen LogP contribution is 2.32. The maximum Gasteiger partial charge on any atom is 0.229 e. The molecule has 7 nitrogen and oxygen atoms in total. The largest absolute Gasteiger partial charge is 0.494 e. The molecule has 0 N–H and O–H groups in total. The van der Waals surface area contributed by atoms with Crippen molar-refractivity contribution in [3.05, 3.63) is 78.6 Å². The number of anilines is 1. The number of hydrogen-bond acceptors (Lipinski definition) is 7. The summed E-state index contributed by atoms with van der Waals surface area (Å²) in [4.78, 5) is 24.1. The van der Waals surface area contributed by atoms with Gasteiger partial charge < -0.3 is 4.74 Å². The Labute approximate surface area is 203 Å². The van der Waals surface area contributed by atoms with E-state index in [1.807, 2.05) is 43.3 Å². The second kappa shape index (κ2) is 10.8. The maximum absolute atomic E-state index is 13.3. The average molecular weight is 496 g/mol. The van der Waals surface area contributed by atoms with Gasteiger partial charge in [-0.05, 0) is 55.8 Å². The van der Waals surface area contributed by atoms with Crippen LogP contribution in [-0.4, -0.2) is 36.7 Å². The van der Waals surface area contributed by atoms with Gasteiger partial charge in [0, 0.05) is 12.6 Å². The van der Waals surface area contributed by atoms with Crippen LogP contribution in [0.5, 0.6) is 5.75 Å². The van der Waals surface area contributed by atoms with Crippen molar-refractivity contribution >= 4 is 42.4 Å². The Morgan fingerprint density at radius 1 is 1.06 bits per heavy atom. The first-order valence-corrected chi connectivity index (χ1v) is 13.4. The van der Waals surface area contributed by atoms with E-state index in [-0.39, 0.29) is 35.9 Å². The minimum absolute atomic E-state index is 0.0824. The first kappa shape index (κ1) is 23.8. The van der Waals surface area contributed by atoms with Gasteiger partial charge in [-0.2, -0.15) is 0 Å². The number of aromatic nitrogens is 2. The zero-order valence-corrected chi connectivity index (χ0v) is 20.4. The molecule has 9 heteroatoms. The van der Waals surface area contributed by atoms with E-state index in [1.165, 1.54) is 11.3 Å². The fraction of sp³-hybridized carbons (Fsp3) is 0.240. The smallest absolute Gasteiger partial charge is 0.229 e. The van der Waals surface area contributed by atoms with E-state index in [2.05, 4.69) is 9.97 Å². The average Bonchev–Trinajstić information content (AvgIpc) is 3.27. The summed E-state index contributed by atoms with van der Waals surface area (Å²) in [6.45, 7) is 2.74. The molecule has 1 amide bonds. The van der Waals surface area contributed by atoms with Gasteiger partial charge in [0.25, 0.3) is 0 Å². The van der Waals surface area contributed by atoms with Crippen molar-refractivity contribution in [2.45, 2.75) is 31.2 Å². The molecular weight excluding hydrogens is 470 g/mol. The molecule has 2 aromatic carbocycles. The molecule has 0 unspecified atom stereocenters. The number of carbonyl (C=O) groups is 1. The summed E-state index contributed by atoms with van der Waals surface area (Å²) in [5.41, 5.74) is 1.50.